The van der Waals surface area contributed by atoms with Crippen molar-refractivity contribution in [2.24, 2.45) is 11.8 Å². The van der Waals surface area contributed by atoms with E-state index in [9.17, 15) is 9.18 Å². The molecule has 2 heterocycles. The van der Waals surface area contributed by atoms with E-state index < -0.39 is 0 Å². The van der Waals surface area contributed by atoms with Crippen molar-refractivity contribution in [2.45, 2.75) is 96.3 Å². The van der Waals surface area contributed by atoms with E-state index in [1.807, 2.05) is 0 Å². The second-order valence-electron chi connectivity index (χ2n) is 12.1. The van der Waals surface area contributed by atoms with Crippen molar-refractivity contribution in [1.82, 2.24) is 15.4 Å². The zero-order chi connectivity index (χ0) is 26.5. The summed E-state index contributed by atoms with van der Waals surface area (Å²) in [4.78, 5) is 17.4. The van der Waals surface area contributed by atoms with Gasteiger partial charge in [-0.1, -0.05) is 5.16 Å². The number of anilines is 1. The van der Waals surface area contributed by atoms with Crippen molar-refractivity contribution in [3.05, 3.63) is 24.0 Å². The van der Waals surface area contributed by atoms with Crippen LogP contribution in [0.5, 0.6) is 0 Å². The predicted octanol–water partition coefficient (Wildman–Crippen LogP) is 5.53. The van der Waals surface area contributed by atoms with Crippen molar-refractivity contribution < 1.29 is 18.4 Å². The lowest BCUT2D eigenvalue weighted by Crippen LogP contribution is -2.47. The minimum Gasteiger partial charge on any atom is -0.376 e. The van der Waals surface area contributed by atoms with Gasteiger partial charge in [-0.05, 0) is 108 Å². The molecule has 8 heteroatoms. The fraction of sp³-hybridized carbons (Fsp3) is 0.733. The maximum Gasteiger partial charge on any atom is 0.220 e. The van der Waals surface area contributed by atoms with E-state index in [0.29, 0.717) is 36.2 Å². The summed E-state index contributed by atoms with van der Waals surface area (Å²) >= 11 is 0. The molecule has 1 aromatic heterocycles. The average Bonchev–Trinajstić information content (AvgIpc) is 3.32. The molecule has 2 saturated carbocycles. The molecule has 0 unspecified atom stereocenters. The van der Waals surface area contributed by atoms with Crippen LogP contribution < -0.4 is 10.2 Å². The number of halogens is 1. The van der Waals surface area contributed by atoms with Gasteiger partial charge >= 0.3 is 0 Å². The van der Waals surface area contributed by atoms with Gasteiger partial charge < -0.3 is 19.5 Å². The summed E-state index contributed by atoms with van der Waals surface area (Å²) in [5.74, 6) is 2.02. The Morgan fingerprint density at radius 1 is 1.05 bits per heavy atom. The molecule has 3 aliphatic rings. The molecule has 5 rings (SSSR count). The number of carbonyl (C=O) groups is 1. The first-order valence-electron chi connectivity index (χ1n) is 14.9. The van der Waals surface area contributed by atoms with Crippen LogP contribution in [0.1, 0.15) is 78.1 Å². The van der Waals surface area contributed by atoms with E-state index in [2.05, 4.69) is 34.1 Å². The Kier molecular flexibility index (Phi) is 9.20. The van der Waals surface area contributed by atoms with Gasteiger partial charge in [0.05, 0.1) is 17.6 Å². The third-order valence-corrected chi connectivity index (χ3v) is 8.88. The number of hydrogen-bond donors (Lipinski definition) is 1. The van der Waals surface area contributed by atoms with Crippen molar-refractivity contribution in [1.29, 1.82) is 0 Å². The molecule has 2 aromatic rings. The molecule has 7 nitrogen and oxygen atoms in total. The van der Waals surface area contributed by atoms with E-state index in [1.165, 1.54) is 31.4 Å². The third-order valence-electron chi connectivity index (χ3n) is 8.88. The first-order valence-corrected chi connectivity index (χ1v) is 14.9. The zero-order valence-electron chi connectivity index (χ0n) is 23.2. The number of hydrogen-bond acceptors (Lipinski definition) is 6. The normalized spacial score (nSPS) is 27.2. The number of rotatable bonds is 9. The monoisotopic (exact) mass is 528 g/mol. The minimum absolute atomic E-state index is 0.252. The first-order chi connectivity index (χ1) is 18.4. The average molecular weight is 529 g/mol. The summed E-state index contributed by atoms with van der Waals surface area (Å²) in [5.41, 5.74) is 0.634. The Morgan fingerprint density at radius 2 is 1.76 bits per heavy atom. The molecule has 0 radical (unpaired) electrons. The van der Waals surface area contributed by atoms with Gasteiger partial charge in [0.1, 0.15) is 5.82 Å². The molecule has 1 amide bonds. The van der Waals surface area contributed by atoms with Crippen LogP contribution >= 0.6 is 0 Å². The summed E-state index contributed by atoms with van der Waals surface area (Å²) in [6.45, 7) is 9.05. The van der Waals surface area contributed by atoms with Crippen LogP contribution in [0.3, 0.4) is 0 Å². The quantitative estimate of drug-likeness (QED) is 0.462. The highest BCUT2D eigenvalue weighted by molar-refractivity contribution is 5.88. The molecular weight excluding hydrogens is 483 g/mol. The molecule has 1 N–H and O–H groups in total. The van der Waals surface area contributed by atoms with Crippen molar-refractivity contribution in [2.75, 3.05) is 37.6 Å². The van der Waals surface area contributed by atoms with Crippen molar-refractivity contribution >= 4 is 22.7 Å². The van der Waals surface area contributed by atoms with Gasteiger partial charge in [-0.2, -0.15) is 0 Å². The highest BCUT2D eigenvalue weighted by Gasteiger charge is 2.27. The van der Waals surface area contributed by atoms with Crippen LogP contribution in [-0.4, -0.2) is 66.9 Å². The predicted molar refractivity (Wildman–Crippen MR) is 148 cm³/mol. The zero-order valence-corrected chi connectivity index (χ0v) is 23.2. The molecule has 0 atom stereocenters. The van der Waals surface area contributed by atoms with E-state index >= 15 is 0 Å². The maximum absolute atomic E-state index is 13.7. The highest BCUT2D eigenvalue weighted by Crippen LogP contribution is 2.31. The van der Waals surface area contributed by atoms with Gasteiger partial charge in [0.25, 0.3) is 0 Å². The van der Waals surface area contributed by atoms with Crippen molar-refractivity contribution in [3.63, 3.8) is 0 Å². The summed E-state index contributed by atoms with van der Waals surface area (Å²) < 4.78 is 25.0. The van der Waals surface area contributed by atoms with Gasteiger partial charge in [-0.25, -0.2) is 4.39 Å². The number of ether oxygens (including phenoxy) is 1. The summed E-state index contributed by atoms with van der Waals surface area (Å²) in [6, 6.07) is 4.92. The lowest BCUT2D eigenvalue weighted by Gasteiger charge is -2.36. The number of nitrogens with one attached hydrogen (secondary N) is 1. The number of nitrogens with zero attached hydrogens (tertiary/aromatic N) is 3. The number of piperazine rings is 1. The van der Waals surface area contributed by atoms with Crippen LogP contribution in [0.4, 0.5) is 10.2 Å². The molecule has 210 valence electrons. The lowest BCUT2D eigenvalue weighted by atomic mass is 9.83. The number of aromatic nitrogens is 1. The Balaban J connectivity index is 0.959. The van der Waals surface area contributed by atoms with Gasteiger partial charge in [-0.15, -0.1) is 0 Å². The number of carbonyl (C=O) groups excluding carboxylic acids is 1. The molecule has 0 bridgehead atoms. The van der Waals surface area contributed by atoms with E-state index in [-0.39, 0.29) is 11.7 Å². The summed E-state index contributed by atoms with van der Waals surface area (Å²) in [6.07, 6.45) is 11.6. The topological polar surface area (TPSA) is 70.8 Å². The molecule has 1 aliphatic heterocycles. The molecule has 38 heavy (non-hydrogen) atoms. The summed E-state index contributed by atoms with van der Waals surface area (Å²) in [7, 11) is 0. The van der Waals surface area contributed by atoms with Crippen molar-refractivity contribution in [3.8, 4) is 0 Å². The van der Waals surface area contributed by atoms with E-state index in [0.717, 1.165) is 88.4 Å². The molecule has 1 saturated heterocycles. The minimum atomic E-state index is -0.259. The SMILES string of the molecule is CC(C)OC1CCC(CC(=O)NC2CCC(CCN3CCN(c4noc5ccc(F)cc45)CC3)CC2)CC1. The lowest BCUT2D eigenvalue weighted by molar-refractivity contribution is -0.123. The van der Waals surface area contributed by atoms with Crippen LogP contribution in [0.2, 0.25) is 0 Å². The van der Waals surface area contributed by atoms with Gasteiger partial charge in [0.2, 0.25) is 5.91 Å². The molecule has 2 aliphatic carbocycles. The fourth-order valence-corrected chi connectivity index (χ4v) is 6.68. The smallest absolute Gasteiger partial charge is 0.220 e. The second kappa shape index (κ2) is 12.8. The van der Waals surface area contributed by atoms with Crippen LogP contribution in [0, 0.1) is 17.7 Å². The number of fused-ring (bicyclic) bond motifs is 1. The van der Waals surface area contributed by atoms with Crippen LogP contribution in [0.25, 0.3) is 11.0 Å². The molecule has 0 spiro atoms. The number of benzene rings is 1. The first kappa shape index (κ1) is 27.4. The fourth-order valence-electron chi connectivity index (χ4n) is 6.68. The van der Waals surface area contributed by atoms with Crippen LogP contribution in [0.15, 0.2) is 22.7 Å². The van der Waals surface area contributed by atoms with Gasteiger partial charge in [-0.3, -0.25) is 9.69 Å². The maximum atomic E-state index is 13.7. The third kappa shape index (κ3) is 7.26. The number of amides is 1. The Morgan fingerprint density at radius 3 is 2.47 bits per heavy atom. The molecule has 1 aromatic carbocycles. The molecule has 3 fully saturated rings. The Hall–Kier alpha value is -2.19. The van der Waals surface area contributed by atoms with E-state index in [4.69, 9.17) is 9.26 Å². The summed E-state index contributed by atoms with van der Waals surface area (Å²) in [5, 5.41) is 8.31. The Labute approximate surface area is 226 Å². The van der Waals surface area contributed by atoms with E-state index in [1.54, 1.807) is 6.07 Å². The molecular formula is C30H45FN4O3. The van der Waals surface area contributed by atoms with Crippen LogP contribution in [-0.2, 0) is 9.53 Å². The largest absolute Gasteiger partial charge is 0.376 e. The highest BCUT2D eigenvalue weighted by atomic mass is 19.1. The second-order valence-corrected chi connectivity index (χ2v) is 12.1. The van der Waals surface area contributed by atoms with Gasteiger partial charge in [0, 0.05) is 38.6 Å². The van der Waals surface area contributed by atoms with Gasteiger partial charge in [0.15, 0.2) is 11.4 Å². The standard InChI is InChI=1S/C30H45FN4O3/c1-21(2)37-26-10-5-23(6-11-26)19-29(36)32-25-8-3-22(4-9-25)13-14-34-15-17-35(18-16-34)30-27-20-24(31)7-12-28(27)38-33-30/h7,12,20-23,25-26H,3-6,8-11,13-19H2,1-2H3,(H,32,36). The Bertz CT molecular complexity index is 1040.